The van der Waals surface area contributed by atoms with E-state index in [1.807, 2.05) is 4.90 Å². The first-order chi connectivity index (χ1) is 16.7. The Balaban J connectivity index is 1.18. The fourth-order valence-electron chi connectivity index (χ4n) is 4.77. The number of sulfonamides is 1. The summed E-state index contributed by atoms with van der Waals surface area (Å²) in [5, 5.41) is 5.72. The lowest BCUT2D eigenvalue weighted by molar-refractivity contribution is -0.137. The number of H-pyrrole nitrogens is 1. The van der Waals surface area contributed by atoms with Crippen LogP contribution in [0.2, 0.25) is 5.02 Å². The minimum absolute atomic E-state index is 0.0790. The number of rotatable bonds is 4. The maximum atomic E-state index is 13.2. The molecule has 2 aliphatic rings. The zero-order chi connectivity index (χ0) is 24.7. The van der Waals surface area contributed by atoms with Crippen LogP contribution in [0.3, 0.4) is 0 Å². The van der Waals surface area contributed by atoms with Gasteiger partial charge in [-0.25, -0.2) is 13.1 Å². The van der Waals surface area contributed by atoms with Crippen LogP contribution in [0.4, 0.5) is 5.82 Å². The SMILES string of the molecule is Cn1nc(N2CCN(C(=O)C3CCN(S(=O)(=O)c4cc5cc(Cl)ccc5[nH]4)CC3)CC2)ccc1=O. The van der Waals surface area contributed by atoms with Crippen molar-refractivity contribution < 1.29 is 13.2 Å². The number of amides is 1. The van der Waals surface area contributed by atoms with Crippen molar-refractivity contribution in [1.29, 1.82) is 0 Å². The van der Waals surface area contributed by atoms with Gasteiger partial charge in [-0.2, -0.15) is 9.40 Å². The number of aryl methyl sites for hydroxylation is 1. The van der Waals surface area contributed by atoms with Crippen molar-refractivity contribution in [2.24, 2.45) is 13.0 Å². The number of nitrogens with one attached hydrogen (secondary N) is 1. The number of anilines is 1. The Bertz CT molecular complexity index is 1420. The molecule has 0 aliphatic carbocycles. The molecule has 186 valence electrons. The van der Waals surface area contributed by atoms with Gasteiger partial charge in [-0.1, -0.05) is 11.6 Å². The number of benzene rings is 1. The zero-order valence-electron chi connectivity index (χ0n) is 19.4. The summed E-state index contributed by atoms with van der Waals surface area (Å²) in [6.45, 7) is 3.01. The molecule has 1 amide bonds. The van der Waals surface area contributed by atoms with Crippen LogP contribution < -0.4 is 10.5 Å². The topological polar surface area (TPSA) is 112 Å². The van der Waals surface area contributed by atoms with E-state index in [2.05, 4.69) is 15.0 Å². The average Bonchev–Trinajstić information content (AvgIpc) is 3.30. The number of piperidine rings is 1. The summed E-state index contributed by atoms with van der Waals surface area (Å²) < 4.78 is 29.1. The third-order valence-corrected chi connectivity index (χ3v) is 8.90. The van der Waals surface area contributed by atoms with Crippen LogP contribution in [0.15, 0.2) is 46.2 Å². The van der Waals surface area contributed by atoms with E-state index in [4.69, 9.17) is 11.6 Å². The second-order valence-electron chi connectivity index (χ2n) is 9.01. The second kappa shape index (κ2) is 9.29. The highest BCUT2D eigenvalue weighted by Gasteiger charge is 2.35. The van der Waals surface area contributed by atoms with Gasteiger partial charge in [0.05, 0.1) is 0 Å². The van der Waals surface area contributed by atoms with Gasteiger partial charge in [0, 0.05) is 74.2 Å². The highest BCUT2D eigenvalue weighted by atomic mass is 35.5. The smallest absolute Gasteiger partial charge is 0.266 e. The molecule has 12 heteroatoms. The van der Waals surface area contributed by atoms with Crippen LogP contribution in [0.5, 0.6) is 0 Å². The molecule has 35 heavy (non-hydrogen) atoms. The van der Waals surface area contributed by atoms with Crippen molar-refractivity contribution in [3.63, 3.8) is 0 Å². The average molecular weight is 519 g/mol. The Morgan fingerprint density at radius 2 is 1.74 bits per heavy atom. The summed E-state index contributed by atoms with van der Waals surface area (Å²) in [4.78, 5) is 31.6. The molecule has 0 spiro atoms. The molecule has 4 heterocycles. The number of carbonyl (C=O) groups is 1. The van der Waals surface area contributed by atoms with E-state index in [1.165, 1.54) is 15.1 Å². The zero-order valence-corrected chi connectivity index (χ0v) is 20.9. The first-order valence-electron chi connectivity index (χ1n) is 11.6. The number of aromatic nitrogens is 3. The van der Waals surface area contributed by atoms with Gasteiger partial charge >= 0.3 is 0 Å². The van der Waals surface area contributed by atoms with Crippen molar-refractivity contribution in [3.8, 4) is 0 Å². The van der Waals surface area contributed by atoms with Gasteiger partial charge < -0.3 is 14.8 Å². The lowest BCUT2D eigenvalue weighted by atomic mass is 9.96. The maximum absolute atomic E-state index is 13.2. The number of hydrogen-bond acceptors (Lipinski definition) is 6. The number of carbonyl (C=O) groups excluding carboxylic acids is 1. The molecule has 0 radical (unpaired) electrons. The first kappa shape index (κ1) is 23.8. The number of fused-ring (bicyclic) bond motifs is 1. The second-order valence-corrected chi connectivity index (χ2v) is 11.4. The van der Waals surface area contributed by atoms with Gasteiger partial charge in [-0.05, 0) is 43.2 Å². The van der Waals surface area contributed by atoms with Crippen LogP contribution in [0.1, 0.15) is 12.8 Å². The number of aromatic amines is 1. The summed E-state index contributed by atoms with van der Waals surface area (Å²) >= 11 is 6.02. The molecule has 2 fully saturated rings. The lowest BCUT2D eigenvalue weighted by Crippen LogP contribution is -2.52. The molecule has 2 aliphatic heterocycles. The van der Waals surface area contributed by atoms with E-state index < -0.39 is 10.0 Å². The Morgan fingerprint density at radius 3 is 2.43 bits per heavy atom. The highest BCUT2D eigenvalue weighted by molar-refractivity contribution is 7.89. The Morgan fingerprint density at radius 1 is 1.03 bits per heavy atom. The summed E-state index contributed by atoms with van der Waals surface area (Å²) in [7, 11) is -2.07. The van der Waals surface area contributed by atoms with Crippen LogP contribution in [-0.2, 0) is 21.9 Å². The van der Waals surface area contributed by atoms with Gasteiger partial charge in [0.2, 0.25) is 5.91 Å². The molecule has 1 aromatic carbocycles. The highest BCUT2D eigenvalue weighted by Crippen LogP contribution is 2.28. The lowest BCUT2D eigenvalue weighted by Gasteiger charge is -2.38. The number of hydrogen-bond donors (Lipinski definition) is 1. The van der Waals surface area contributed by atoms with E-state index in [0.717, 1.165) is 11.2 Å². The first-order valence-corrected chi connectivity index (χ1v) is 13.4. The predicted octanol–water partition coefficient (Wildman–Crippen LogP) is 1.66. The molecule has 0 bridgehead atoms. The molecular formula is C23H27ClN6O4S. The molecule has 0 atom stereocenters. The molecule has 3 aromatic rings. The Labute approximate surface area is 208 Å². The molecule has 0 unspecified atom stereocenters. The number of nitrogens with zero attached hydrogens (tertiary/aromatic N) is 5. The van der Waals surface area contributed by atoms with Crippen LogP contribution in [0.25, 0.3) is 10.9 Å². The van der Waals surface area contributed by atoms with Gasteiger partial charge in [0.1, 0.15) is 10.8 Å². The van der Waals surface area contributed by atoms with Gasteiger partial charge in [-0.15, -0.1) is 0 Å². The van der Waals surface area contributed by atoms with Crippen molar-refractivity contribution >= 4 is 44.3 Å². The summed E-state index contributed by atoms with van der Waals surface area (Å²) in [5.41, 5.74) is 0.551. The Kier molecular flexibility index (Phi) is 6.32. The van der Waals surface area contributed by atoms with Crippen LogP contribution >= 0.6 is 11.6 Å². The molecule has 5 rings (SSSR count). The maximum Gasteiger partial charge on any atom is 0.266 e. The summed E-state index contributed by atoms with van der Waals surface area (Å²) in [6, 6.07) is 10.0. The van der Waals surface area contributed by atoms with Crippen LogP contribution in [0, 0.1) is 5.92 Å². The van der Waals surface area contributed by atoms with Crippen molar-refractivity contribution in [3.05, 3.63) is 51.8 Å². The minimum atomic E-state index is -3.68. The number of piperazine rings is 1. The molecule has 2 saturated heterocycles. The molecule has 2 aromatic heterocycles. The van der Waals surface area contributed by atoms with E-state index >= 15 is 0 Å². The van der Waals surface area contributed by atoms with Crippen molar-refractivity contribution in [2.45, 2.75) is 17.9 Å². The van der Waals surface area contributed by atoms with Gasteiger partial charge in [0.15, 0.2) is 0 Å². The summed E-state index contributed by atoms with van der Waals surface area (Å²) in [5.74, 6) is 0.609. The van der Waals surface area contributed by atoms with E-state index in [0.29, 0.717) is 62.6 Å². The largest absolute Gasteiger partial charge is 0.352 e. The van der Waals surface area contributed by atoms with Crippen molar-refractivity contribution in [1.82, 2.24) is 24.0 Å². The van der Waals surface area contributed by atoms with E-state index in [1.54, 1.807) is 37.4 Å². The molecular weight excluding hydrogens is 492 g/mol. The predicted molar refractivity (Wildman–Crippen MR) is 133 cm³/mol. The number of halogens is 1. The minimum Gasteiger partial charge on any atom is -0.352 e. The van der Waals surface area contributed by atoms with E-state index in [-0.39, 0.29) is 22.4 Å². The third kappa shape index (κ3) is 4.67. The third-order valence-electron chi connectivity index (χ3n) is 6.84. The molecule has 0 saturated carbocycles. The molecule has 10 nitrogen and oxygen atoms in total. The fourth-order valence-corrected chi connectivity index (χ4v) is 6.44. The summed E-state index contributed by atoms with van der Waals surface area (Å²) in [6.07, 6.45) is 0.985. The fraction of sp³-hybridized carbons (Fsp3) is 0.435. The Hall–Kier alpha value is -2.89. The van der Waals surface area contributed by atoms with Crippen molar-refractivity contribution in [2.75, 3.05) is 44.2 Å². The van der Waals surface area contributed by atoms with Gasteiger partial charge in [0.25, 0.3) is 15.6 Å². The monoisotopic (exact) mass is 518 g/mol. The van der Waals surface area contributed by atoms with Crippen LogP contribution in [-0.4, -0.2) is 77.6 Å². The standard InChI is InChI=1S/C23H27ClN6O4S/c1-27-22(31)5-4-20(26-27)28-10-12-29(13-11-28)23(32)16-6-8-30(9-7-16)35(33,34)21-15-17-14-18(24)2-3-19(17)25-21/h2-5,14-16,25H,6-13H2,1H3. The molecule has 1 N–H and O–H groups in total. The normalized spacial score (nSPS) is 18.3. The quantitative estimate of drug-likeness (QED) is 0.562. The van der Waals surface area contributed by atoms with E-state index in [9.17, 15) is 18.0 Å². The van der Waals surface area contributed by atoms with Gasteiger partial charge in [-0.3, -0.25) is 9.59 Å².